The lowest BCUT2D eigenvalue weighted by atomic mass is 10.1. The quantitative estimate of drug-likeness (QED) is 0.207. The molecule has 0 aliphatic rings. The van der Waals surface area contributed by atoms with Crippen LogP contribution in [-0.2, 0) is 14.8 Å². The lowest BCUT2D eigenvalue weighted by molar-refractivity contribution is 0.0602. The lowest BCUT2D eigenvalue weighted by Gasteiger charge is -2.14. The molecule has 2 N–H and O–H groups in total. The number of carbonyl (C=O) groups excluding carboxylic acids is 1. The van der Waals surface area contributed by atoms with E-state index in [-0.39, 0.29) is 21.2 Å². The smallest absolute Gasteiger partial charge is 0.349 e. The van der Waals surface area contributed by atoms with Crippen LogP contribution < -0.4 is 4.72 Å². The Kier molecular flexibility index (Phi) is 5.94. The second kappa shape index (κ2) is 8.91. The molecular weight excluding hydrogens is 513 g/mol. The number of phenols is 1. The lowest BCUT2D eigenvalue weighted by Crippen LogP contribution is -2.16. The first-order chi connectivity index (χ1) is 16.4. The summed E-state index contributed by atoms with van der Waals surface area (Å²) in [6.07, 6.45) is 0. The van der Waals surface area contributed by atoms with E-state index in [1.165, 1.54) is 41.7 Å². The van der Waals surface area contributed by atoms with Gasteiger partial charge in [-0.3, -0.25) is 4.72 Å². The van der Waals surface area contributed by atoms with E-state index in [4.69, 9.17) is 4.74 Å². The highest BCUT2D eigenvalue weighted by molar-refractivity contribution is 8.01. The number of nitrogens with one attached hydrogen (secondary N) is 1. The standard InChI is InChI=1S/C23H16N2O5S4/c1-30-22(27)21-19(10-11-31-21)34(28,29)25-16-12-18(20(26)14-7-3-2-6-13(14)16)33-23-24-15-8-4-5-9-17(15)32-23/h2-12,25-26H,1H3. The van der Waals surface area contributed by atoms with Gasteiger partial charge in [0.15, 0.2) is 4.34 Å². The summed E-state index contributed by atoms with van der Waals surface area (Å²) in [5, 5.41) is 13.5. The van der Waals surface area contributed by atoms with Gasteiger partial charge in [0.2, 0.25) is 0 Å². The SMILES string of the molecule is COC(=O)c1sccc1S(=O)(=O)Nc1cc(Sc2nc3ccccc3s2)c(O)c2ccccc12. The molecule has 11 heteroatoms. The Morgan fingerprint density at radius 3 is 2.59 bits per heavy atom. The van der Waals surface area contributed by atoms with Gasteiger partial charge in [-0.15, -0.1) is 22.7 Å². The summed E-state index contributed by atoms with van der Waals surface area (Å²) in [6, 6.07) is 17.6. The number of sulfonamides is 1. The molecule has 0 atom stereocenters. The van der Waals surface area contributed by atoms with Crippen LogP contribution >= 0.6 is 34.4 Å². The predicted molar refractivity (Wildman–Crippen MR) is 136 cm³/mol. The van der Waals surface area contributed by atoms with Crippen molar-refractivity contribution < 1.29 is 23.1 Å². The number of benzene rings is 3. The van der Waals surface area contributed by atoms with Gasteiger partial charge in [-0.1, -0.05) is 48.2 Å². The van der Waals surface area contributed by atoms with Crippen LogP contribution in [0.25, 0.3) is 21.0 Å². The molecule has 172 valence electrons. The van der Waals surface area contributed by atoms with Gasteiger partial charge in [-0.05, 0) is 29.6 Å². The Morgan fingerprint density at radius 2 is 1.82 bits per heavy atom. The van der Waals surface area contributed by atoms with E-state index in [1.807, 2.05) is 24.3 Å². The minimum Gasteiger partial charge on any atom is -0.506 e. The van der Waals surface area contributed by atoms with Gasteiger partial charge in [0.05, 0.1) is 27.9 Å². The van der Waals surface area contributed by atoms with E-state index in [9.17, 15) is 18.3 Å². The fourth-order valence-corrected chi connectivity index (χ4v) is 7.96. The number of rotatable bonds is 6. The van der Waals surface area contributed by atoms with Gasteiger partial charge in [-0.2, -0.15) is 0 Å². The number of thiazole rings is 1. The van der Waals surface area contributed by atoms with Crippen molar-refractivity contribution in [2.75, 3.05) is 11.8 Å². The average Bonchev–Trinajstić information content (AvgIpc) is 3.49. The molecule has 0 amide bonds. The number of thiophene rings is 1. The number of fused-ring (bicyclic) bond motifs is 2. The van der Waals surface area contributed by atoms with Gasteiger partial charge in [0.25, 0.3) is 10.0 Å². The average molecular weight is 529 g/mol. The van der Waals surface area contributed by atoms with Crippen molar-refractivity contribution in [1.82, 2.24) is 4.98 Å². The molecule has 5 rings (SSSR count). The van der Waals surface area contributed by atoms with Crippen molar-refractivity contribution in [1.29, 1.82) is 0 Å². The number of nitrogens with zero attached hydrogens (tertiary/aromatic N) is 1. The van der Waals surface area contributed by atoms with E-state index in [0.717, 1.165) is 21.6 Å². The van der Waals surface area contributed by atoms with Crippen LogP contribution in [0.4, 0.5) is 5.69 Å². The fraction of sp³-hybridized carbons (Fsp3) is 0.0435. The summed E-state index contributed by atoms with van der Waals surface area (Å²) in [6.45, 7) is 0. The first-order valence-corrected chi connectivity index (χ1v) is 13.8. The number of aromatic nitrogens is 1. The molecule has 0 unspecified atom stereocenters. The number of esters is 1. The number of ether oxygens (including phenoxy) is 1. The number of anilines is 1. The number of carbonyl (C=O) groups is 1. The van der Waals surface area contributed by atoms with Crippen LogP contribution in [0.2, 0.25) is 0 Å². The summed E-state index contributed by atoms with van der Waals surface area (Å²) < 4.78 is 35.5. The highest BCUT2D eigenvalue weighted by Gasteiger charge is 2.26. The zero-order valence-electron chi connectivity index (χ0n) is 17.5. The predicted octanol–water partition coefficient (Wildman–Crippen LogP) is 5.96. The molecule has 34 heavy (non-hydrogen) atoms. The highest BCUT2D eigenvalue weighted by atomic mass is 32.2. The molecule has 3 aromatic carbocycles. The summed E-state index contributed by atoms with van der Waals surface area (Å²) >= 11 is 3.73. The molecule has 0 saturated carbocycles. The number of aromatic hydroxyl groups is 1. The van der Waals surface area contributed by atoms with E-state index in [2.05, 4.69) is 9.71 Å². The van der Waals surface area contributed by atoms with Crippen molar-refractivity contribution in [3.63, 3.8) is 0 Å². The molecule has 5 aromatic rings. The van der Waals surface area contributed by atoms with Crippen molar-refractivity contribution in [2.45, 2.75) is 14.1 Å². The van der Waals surface area contributed by atoms with E-state index >= 15 is 0 Å². The van der Waals surface area contributed by atoms with E-state index in [0.29, 0.717) is 20.0 Å². The third-order valence-corrected chi connectivity index (χ3v) is 9.55. The van der Waals surface area contributed by atoms with Crippen LogP contribution in [0.5, 0.6) is 5.75 Å². The van der Waals surface area contributed by atoms with Gasteiger partial charge < -0.3 is 9.84 Å². The molecular formula is C23H16N2O5S4. The van der Waals surface area contributed by atoms with Crippen LogP contribution in [0.1, 0.15) is 9.67 Å². The first-order valence-electron chi connectivity index (χ1n) is 9.84. The van der Waals surface area contributed by atoms with Crippen LogP contribution in [-0.4, -0.2) is 31.6 Å². The van der Waals surface area contributed by atoms with Gasteiger partial charge in [0.1, 0.15) is 15.5 Å². The molecule has 2 aromatic heterocycles. The molecule has 0 fully saturated rings. The zero-order valence-corrected chi connectivity index (χ0v) is 20.8. The Morgan fingerprint density at radius 1 is 1.09 bits per heavy atom. The summed E-state index contributed by atoms with van der Waals surface area (Å²) in [5.41, 5.74) is 1.13. The number of hydrogen-bond donors (Lipinski definition) is 2. The number of hydrogen-bond acceptors (Lipinski definition) is 9. The number of methoxy groups -OCH3 is 1. The fourth-order valence-electron chi connectivity index (χ4n) is 3.44. The molecule has 0 aliphatic carbocycles. The second-order valence-corrected chi connectivity index (χ2v) is 12.0. The Bertz CT molecular complexity index is 1620. The molecule has 0 aliphatic heterocycles. The van der Waals surface area contributed by atoms with Crippen LogP contribution in [0.3, 0.4) is 0 Å². The first kappa shape index (κ1) is 22.7. The molecule has 2 heterocycles. The maximum Gasteiger partial charge on any atom is 0.349 e. The van der Waals surface area contributed by atoms with Gasteiger partial charge in [-0.25, -0.2) is 18.2 Å². The molecule has 0 saturated heterocycles. The highest BCUT2D eigenvalue weighted by Crippen LogP contribution is 2.44. The largest absolute Gasteiger partial charge is 0.506 e. The molecule has 0 bridgehead atoms. The third-order valence-electron chi connectivity index (χ3n) is 4.99. The van der Waals surface area contributed by atoms with Crippen molar-refractivity contribution >= 4 is 77.1 Å². The van der Waals surface area contributed by atoms with Crippen LogP contribution in [0.15, 0.2) is 80.2 Å². The minimum atomic E-state index is -4.11. The van der Waals surface area contributed by atoms with Crippen molar-refractivity contribution in [3.8, 4) is 5.75 Å². The monoisotopic (exact) mass is 528 g/mol. The second-order valence-electron chi connectivity index (χ2n) is 7.08. The maximum absolute atomic E-state index is 13.2. The third kappa shape index (κ3) is 4.11. The molecule has 7 nitrogen and oxygen atoms in total. The topological polar surface area (TPSA) is 106 Å². The number of para-hydroxylation sites is 1. The maximum atomic E-state index is 13.2. The van der Waals surface area contributed by atoms with Gasteiger partial charge >= 0.3 is 5.97 Å². The summed E-state index contributed by atoms with van der Waals surface area (Å²) in [5.74, 6) is -0.688. The Labute approximate surface area is 207 Å². The minimum absolute atomic E-state index is 0.0119. The summed E-state index contributed by atoms with van der Waals surface area (Å²) in [4.78, 5) is 16.9. The van der Waals surface area contributed by atoms with Crippen LogP contribution in [0, 0.1) is 0 Å². The van der Waals surface area contributed by atoms with Crippen molar-refractivity contribution in [2.24, 2.45) is 0 Å². The van der Waals surface area contributed by atoms with E-state index < -0.39 is 16.0 Å². The Balaban J connectivity index is 1.59. The summed E-state index contributed by atoms with van der Waals surface area (Å²) in [7, 11) is -2.92. The molecule has 0 radical (unpaired) electrons. The molecule has 0 spiro atoms. The van der Waals surface area contributed by atoms with E-state index in [1.54, 1.807) is 30.3 Å². The normalized spacial score (nSPS) is 11.7. The van der Waals surface area contributed by atoms with Crippen molar-refractivity contribution in [3.05, 3.63) is 70.9 Å². The number of phenolic OH excluding ortho intramolecular Hbond substituents is 1. The van der Waals surface area contributed by atoms with Gasteiger partial charge in [0, 0.05) is 10.8 Å². The zero-order chi connectivity index (χ0) is 23.9. The Hall–Kier alpha value is -3.12.